The summed E-state index contributed by atoms with van der Waals surface area (Å²) in [7, 11) is 1.48. The van der Waals surface area contributed by atoms with Crippen LogP contribution in [0.15, 0.2) is 71.3 Å². The fourth-order valence-electron chi connectivity index (χ4n) is 4.46. The zero-order valence-corrected chi connectivity index (χ0v) is 27.2. The van der Waals surface area contributed by atoms with Gasteiger partial charge in [0.1, 0.15) is 23.0 Å². The van der Waals surface area contributed by atoms with E-state index < -0.39 is 23.6 Å². The zero-order valence-electron chi connectivity index (χ0n) is 26.5. The maximum Gasteiger partial charge on any atom is 0.407 e. The topological polar surface area (TPSA) is 165 Å². The number of hydrogen-bond donors (Lipinski definition) is 3. The van der Waals surface area contributed by atoms with Gasteiger partial charge in [0, 0.05) is 41.4 Å². The lowest BCUT2D eigenvalue weighted by Gasteiger charge is -2.21. The van der Waals surface area contributed by atoms with Crippen LogP contribution < -0.4 is 20.7 Å². The predicted molar refractivity (Wildman–Crippen MR) is 176 cm³/mol. The van der Waals surface area contributed by atoms with Crippen LogP contribution >= 0.6 is 11.6 Å². The van der Waals surface area contributed by atoms with E-state index in [1.54, 1.807) is 82.3 Å². The minimum absolute atomic E-state index is 0.0178. The van der Waals surface area contributed by atoms with Gasteiger partial charge < -0.3 is 34.6 Å². The van der Waals surface area contributed by atoms with Crippen molar-refractivity contribution in [2.45, 2.75) is 45.8 Å². The molecule has 2 heterocycles. The summed E-state index contributed by atoms with van der Waals surface area (Å²) in [6, 6.07) is 18.2. The van der Waals surface area contributed by atoms with E-state index in [9.17, 15) is 19.6 Å². The van der Waals surface area contributed by atoms with Gasteiger partial charge in [-0.15, -0.1) is 0 Å². The van der Waals surface area contributed by atoms with Crippen molar-refractivity contribution in [2.75, 3.05) is 24.5 Å². The zero-order chi connectivity index (χ0) is 34.1. The molecule has 0 aliphatic heterocycles. The summed E-state index contributed by atoms with van der Waals surface area (Å²) >= 11 is 6.24. The third kappa shape index (κ3) is 9.56. The highest BCUT2D eigenvalue weighted by Crippen LogP contribution is 2.38. The van der Waals surface area contributed by atoms with Gasteiger partial charge >= 0.3 is 6.09 Å². The Hall–Kier alpha value is -5.38. The Morgan fingerprint density at radius 2 is 1.83 bits per heavy atom. The van der Waals surface area contributed by atoms with Crippen LogP contribution in [-0.4, -0.2) is 48.4 Å². The largest absolute Gasteiger partial charge is 0.467 e. The molecule has 0 saturated heterocycles. The second kappa shape index (κ2) is 15.3. The third-order valence-electron chi connectivity index (χ3n) is 6.37. The molecule has 0 aliphatic rings. The molecule has 244 valence electrons. The number of methoxy groups -OCH3 is 1. The van der Waals surface area contributed by atoms with Gasteiger partial charge in [-0.1, -0.05) is 23.7 Å². The Morgan fingerprint density at radius 1 is 1.04 bits per heavy atom. The van der Waals surface area contributed by atoms with E-state index in [2.05, 4.69) is 27.0 Å². The number of nitriles is 1. The predicted octanol–water partition coefficient (Wildman–Crippen LogP) is 7.01. The quantitative estimate of drug-likeness (QED) is 0.144. The number of furan rings is 1. The normalized spacial score (nSPS) is 11.6. The number of anilines is 2. The fourth-order valence-corrected chi connectivity index (χ4v) is 4.62. The SMILES string of the molecule is COCOc1cc(Cl)ccc1-c1cc(-c2cccc(NC(=O)CC(C)NC(=O)OC(C)(C)C)c2)c(C#N)c(NC(=O)c2ccco2)n1. The fraction of sp³-hybridized carbons (Fsp3) is 0.265. The van der Waals surface area contributed by atoms with Crippen molar-refractivity contribution in [3.8, 4) is 34.2 Å². The molecular weight excluding hydrogens is 626 g/mol. The molecule has 3 amide bonds. The Morgan fingerprint density at radius 3 is 2.51 bits per heavy atom. The first-order valence-electron chi connectivity index (χ1n) is 14.5. The van der Waals surface area contributed by atoms with Crippen LogP contribution in [0.2, 0.25) is 5.02 Å². The standard InChI is InChI=1S/C34H34ClN5O7/c1-20(37-33(43)47-34(2,3)4)14-30(41)38-23-9-6-8-21(15-23)25-17-27(24-12-11-22(35)16-29(24)46-19-44-5)39-31(26(25)18-36)40-32(42)28-10-7-13-45-28/h6-13,15-17,20H,14,19H2,1-5H3,(H,37,43)(H,38,41)(H,39,40,42). The van der Waals surface area contributed by atoms with Gasteiger partial charge in [0.25, 0.3) is 5.91 Å². The number of aromatic nitrogens is 1. The molecule has 4 rings (SSSR count). The van der Waals surface area contributed by atoms with Crippen LogP contribution in [0.25, 0.3) is 22.4 Å². The van der Waals surface area contributed by atoms with Gasteiger partial charge in [-0.2, -0.15) is 5.26 Å². The monoisotopic (exact) mass is 659 g/mol. The number of carbonyl (C=O) groups is 3. The van der Waals surface area contributed by atoms with E-state index in [0.717, 1.165) is 0 Å². The first-order chi connectivity index (χ1) is 22.4. The van der Waals surface area contributed by atoms with E-state index in [1.807, 2.05) is 0 Å². The Bertz CT molecular complexity index is 1800. The van der Waals surface area contributed by atoms with E-state index in [0.29, 0.717) is 38.8 Å². The molecular formula is C34H34ClN5O7. The summed E-state index contributed by atoms with van der Waals surface area (Å²) in [6.07, 6.45) is 0.719. The van der Waals surface area contributed by atoms with Crippen LogP contribution in [0.4, 0.5) is 16.3 Å². The van der Waals surface area contributed by atoms with Crippen molar-refractivity contribution in [3.05, 3.63) is 83.3 Å². The van der Waals surface area contributed by atoms with Gasteiger partial charge in [0.15, 0.2) is 18.4 Å². The van der Waals surface area contributed by atoms with Crippen molar-refractivity contribution in [1.29, 1.82) is 5.26 Å². The second-order valence-corrected chi connectivity index (χ2v) is 11.8. The molecule has 1 unspecified atom stereocenters. The van der Waals surface area contributed by atoms with E-state index in [4.69, 9.17) is 30.2 Å². The number of carbonyl (C=O) groups excluding carboxylic acids is 3. The lowest BCUT2D eigenvalue weighted by Crippen LogP contribution is -2.39. The molecule has 0 spiro atoms. The smallest absolute Gasteiger partial charge is 0.407 e. The number of halogens is 1. The van der Waals surface area contributed by atoms with Gasteiger partial charge in [0.2, 0.25) is 5.91 Å². The number of benzene rings is 2. The Labute approximate surface area is 277 Å². The number of pyridine rings is 1. The van der Waals surface area contributed by atoms with Crippen molar-refractivity contribution in [3.63, 3.8) is 0 Å². The summed E-state index contributed by atoms with van der Waals surface area (Å²) < 4.78 is 21.3. The van der Waals surface area contributed by atoms with Crippen LogP contribution in [0.5, 0.6) is 5.75 Å². The average Bonchev–Trinajstić information content (AvgIpc) is 3.54. The van der Waals surface area contributed by atoms with Crippen molar-refractivity contribution < 1.29 is 33.0 Å². The molecule has 0 fully saturated rings. The first kappa shape index (κ1) is 34.5. The first-order valence-corrected chi connectivity index (χ1v) is 14.9. The van der Waals surface area contributed by atoms with Gasteiger partial charge in [-0.25, -0.2) is 9.78 Å². The molecule has 3 N–H and O–H groups in total. The molecule has 2 aromatic heterocycles. The molecule has 0 radical (unpaired) electrons. The highest BCUT2D eigenvalue weighted by atomic mass is 35.5. The number of alkyl carbamates (subject to hydrolysis) is 1. The van der Waals surface area contributed by atoms with Crippen molar-refractivity contribution >= 4 is 41.0 Å². The second-order valence-electron chi connectivity index (χ2n) is 11.4. The summed E-state index contributed by atoms with van der Waals surface area (Å²) in [5, 5.41) is 18.9. The molecule has 0 saturated carbocycles. The molecule has 4 aromatic rings. The van der Waals surface area contributed by atoms with Gasteiger partial charge in [-0.05, 0) is 81.8 Å². The van der Waals surface area contributed by atoms with Gasteiger partial charge in [0.05, 0.1) is 12.0 Å². The third-order valence-corrected chi connectivity index (χ3v) is 6.61. The van der Waals surface area contributed by atoms with Crippen LogP contribution in [0.3, 0.4) is 0 Å². The molecule has 47 heavy (non-hydrogen) atoms. The van der Waals surface area contributed by atoms with E-state index in [-0.39, 0.29) is 36.3 Å². The number of hydrogen-bond acceptors (Lipinski definition) is 9. The van der Waals surface area contributed by atoms with Crippen molar-refractivity contribution in [1.82, 2.24) is 10.3 Å². The molecule has 1 atom stereocenters. The maximum absolute atomic E-state index is 13.0. The summed E-state index contributed by atoms with van der Waals surface area (Å²) in [5.41, 5.74) is 1.67. The molecule has 0 bridgehead atoms. The van der Waals surface area contributed by atoms with Crippen molar-refractivity contribution in [2.24, 2.45) is 0 Å². The number of amides is 3. The summed E-state index contributed by atoms with van der Waals surface area (Å²) in [5.74, 6) is -0.594. The highest BCUT2D eigenvalue weighted by Gasteiger charge is 2.22. The highest BCUT2D eigenvalue weighted by molar-refractivity contribution is 6.30. The Balaban J connectivity index is 1.70. The van der Waals surface area contributed by atoms with Crippen LogP contribution in [0.1, 0.15) is 50.2 Å². The number of ether oxygens (including phenoxy) is 3. The average molecular weight is 660 g/mol. The number of nitrogens with zero attached hydrogens (tertiary/aromatic N) is 2. The minimum atomic E-state index is -0.672. The number of nitrogens with one attached hydrogen (secondary N) is 3. The summed E-state index contributed by atoms with van der Waals surface area (Å²) in [4.78, 5) is 42.6. The minimum Gasteiger partial charge on any atom is -0.467 e. The Kier molecular flexibility index (Phi) is 11.2. The van der Waals surface area contributed by atoms with Gasteiger partial charge in [-0.3, -0.25) is 9.59 Å². The van der Waals surface area contributed by atoms with Crippen LogP contribution in [0, 0.1) is 11.3 Å². The van der Waals surface area contributed by atoms with E-state index in [1.165, 1.54) is 19.4 Å². The number of rotatable bonds is 11. The molecule has 0 aliphatic carbocycles. The van der Waals surface area contributed by atoms with E-state index >= 15 is 0 Å². The lowest BCUT2D eigenvalue weighted by atomic mass is 9.97. The summed E-state index contributed by atoms with van der Waals surface area (Å²) in [6.45, 7) is 6.88. The molecule has 2 aromatic carbocycles. The lowest BCUT2D eigenvalue weighted by molar-refractivity contribution is -0.116. The molecule has 13 heteroatoms. The maximum atomic E-state index is 13.0. The van der Waals surface area contributed by atoms with Crippen LogP contribution in [-0.2, 0) is 14.3 Å². The molecule has 12 nitrogen and oxygen atoms in total.